The van der Waals surface area contributed by atoms with E-state index in [2.05, 4.69) is 13.8 Å². The Hall–Kier alpha value is -0.156. The van der Waals surface area contributed by atoms with Crippen molar-refractivity contribution in [2.24, 2.45) is 0 Å². The molecule has 0 spiro atoms. The summed E-state index contributed by atoms with van der Waals surface area (Å²) in [5.41, 5.74) is 0. The van der Waals surface area contributed by atoms with Crippen molar-refractivity contribution in [3.05, 3.63) is 43.7 Å². The van der Waals surface area contributed by atoms with E-state index < -0.39 is 16.8 Å². The molecule has 0 heterocycles. The molecule has 1 aromatic carbocycles. The number of hydrogen-bond donors (Lipinski definition) is 0. The van der Waals surface area contributed by atoms with E-state index in [4.69, 9.17) is 0 Å². The second-order valence-corrected chi connectivity index (χ2v) is 8.15. The molecule has 0 saturated heterocycles. The van der Waals surface area contributed by atoms with Gasteiger partial charge in [-0.15, -0.1) is 6.10 Å². The number of benzene rings is 1. The van der Waals surface area contributed by atoms with E-state index in [1.165, 1.54) is 64.2 Å². The summed E-state index contributed by atoms with van der Waals surface area (Å²) in [4.78, 5) is 0.331. The van der Waals surface area contributed by atoms with Gasteiger partial charge in [-0.1, -0.05) is 120 Å². The Bertz CT molecular complexity index is 442. The zero-order chi connectivity index (χ0) is 22.8. The van der Waals surface area contributed by atoms with Crippen molar-refractivity contribution >= 4 is 10.7 Å². The van der Waals surface area contributed by atoms with Gasteiger partial charge < -0.3 is 26.9 Å². The average Bonchev–Trinajstić information content (AvgIpc) is 2.68. The standard InChI is InChI=1S/C13H27.C6H5O2S.C3H7O.C3H7.Ti/c1-3-5-7-9-11-13-12-10-8-6-4-2;7-9(8)6-4-2-1-3-5-6;1-3(2)4;1-3-2;/h1,3-13H2,2H3;1-5H;3H,1-2H3;3H,1-2H3;/q4*-1;+4. The molecule has 0 fully saturated rings. The summed E-state index contributed by atoms with van der Waals surface area (Å²) in [5, 5.41) is 9.53. The van der Waals surface area contributed by atoms with Gasteiger partial charge in [-0.25, -0.2) is 0 Å². The summed E-state index contributed by atoms with van der Waals surface area (Å²) in [7, 11) is -2.08. The van der Waals surface area contributed by atoms with Crippen LogP contribution in [0.4, 0.5) is 0 Å². The van der Waals surface area contributed by atoms with E-state index in [0.29, 0.717) is 4.90 Å². The van der Waals surface area contributed by atoms with Crippen molar-refractivity contribution in [2.75, 3.05) is 0 Å². The van der Waals surface area contributed by atoms with Gasteiger partial charge in [0.15, 0.2) is 0 Å². The van der Waals surface area contributed by atoms with Crippen LogP contribution in [0.15, 0.2) is 35.2 Å². The molecule has 0 aromatic heterocycles. The first-order valence-corrected chi connectivity index (χ1v) is 12.3. The van der Waals surface area contributed by atoms with Gasteiger partial charge in [-0.3, -0.25) is 0 Å². The van der Waals surface area contributed by atoms with Crippen LogP contribution in [0.5, 0.6) is 0 Å². The van der Waals surface area contributed by atoms with Crippen LogP contribution in [0.2, 0.25) is 0 Å². The van der Waals surface area contributed by atoms with Crippen LogP contribution in [0.25, 0.3) is 0 Å². The summed E-state index contributed by atoms with van der Waals surface area (Å²) in [6.45, 7) is 13.4. The molecule has 0 N–H and O–H groups in total. The Balaban J connectivity index is -0.000000172. The molecule has 174 valence electrons. The van der Waals surface area contributed by atoms with Crippen molar-refractivity contribution < 1.29 is 35.2 Å². The van der Waals surface area contributed by atoms with E-state index in [0.717, 1.165) is 6.42 Å². The average molecular weight is 475 g/mol. The molecule has 0 bridgehead atoms. The topological polar surface area (TPSA) is 57.2 Å². The van der Waals surface area contributed by atoms with Gasteiger partial charge in [0.2, 0.25) is 0 Å². The molecule has 0 aliphatic carbocycles. The third kappa shape index (κ3) is 42.0. The predicted molar refractivity (Wildman–Crippen MR) is 126 cm³/mol. The first-order valence-electron chi connectivity index (χ1n) is 11.2. The molecule has 0 atom stereocenters. The summed E-state index contributed by atoms with van der Waals surface area (Å²) in [5.74, 6) is 0. The molecule has 5 heteroatoms. The SMILES string of the molecule is CC(C)[O-].C[CH-]C.O=[S-](=O)c1ccccc1.[CH2-]CCCCCCCCCCCC.[Ti+4]. The van der Waals surface area contributed by atoms with Crippen LogP contribution in [0.3, 0.4) is 0 Å². The minimum absolute atomic E-state index is 0. The maximum Gasteiger partial charge on any atom is 4.00 e. The minimum Gasteiger partial charge on any atom is -0.852 e. The van der Waals surface area contributed by atoms with Gasteiger partial charge >= 0.3 is 21.7 Å². The Morgan fingerprint density at radius 1 is 0.867 bits per heavy atom. The first-order chi connectivity index (χ1) is 13.9. The second-order valence-electron chi connectivity index (χ2n) is 7.21. The summed E-state index contributed by atoms with van der Waals surface area (Å²) in [6, 6.07) is 8.23. The van der Waals surface area contributed by atoms with Crippen molar-refractivity contribution in [2.45, 2.75) is 116 Å². The van der Waals surface area contributed by atoms with Gasteiger partial charge in [-0.2, -0.15) is 20.3 Å². The summed E-state index contributed by atoms with van der Waals surface area (Å²) >= 11 is 0. The van der Waals surface area contributed by atoms with Crippen LogP contribution in [-0.4, -0.2) is 6.10 Å². The predicted octanol–water partition coefficient (Wildman–Crippen LogP) is 7.47. The third-order valence-corrected chi connectivity index (χ3v) is 4.20. The molecule has 0 aliphatic rings. The maximum atomic E-state index is 10.2. The number of unbranched alkanes of at least 4 members (excludes halogenated alkanes) is 10. The van der Waals surface area contributed by atoms with Crippen LogP contribution in [-0.2, 0) is 40.8 Å². The zero-order valence-corrected chi connectivity index (χ0v) is 22.5. The Kier molecular flexibility index (Phi) is 41.5. The van der Waals surface area contributed by atoms with Gasteiger partial charge in [-0.05, 0) is 10.7 Å². The molecule has 0 saturated carbocycles. The van der Waals surface area contributed by atoms with Gasteiger partial charge in [0.1, 0.15) is 0 Å². The molecule has 0 aliphatic heterocycles. The molecule has 3 nitrogen and oxygen atoms in total. The van der Waals surface area contributed by atoms with Crippen LogP contribution >= 0.6 is 0 Å². The van der Waals surface area contributed by atoms with Crippen molar-refractivity contribution in [1.82, 2.24) is 0 Å². The van der Waals surface area contributed by atoms with Crippen molar-refractivity contribution in [3.63, 3.8) is 0 Å². The van der Waals surface area contributed by atoms with Crippen LogP contribution in [0.1, 0.15) is 105 Å². The second kappa shape index (κ2) is 33.5. The minimum atomic E-state index is -2.08. The van der Waals surface area contributed by atoms with Crippen molar-refractivity contribution in [3.8, 4) is 0 Å². The Labute approximate surface area is 205 Å². The normalized spacial score (nSPS) is 9.37. The van der Waals surface area contributed by atoms with Gasteiger partial charge in [0, 0.05) is 0 Å². The largest absolute Gasteiger partial charge is 4.00 e. The fourth-order valence-electron chi connectivity index (χ4n) is 2.20. The van der Waals surface area contributed by atoms with E-state index in [9.17, 15) is 13.5 Å². The summed E-state index contributed by atoms with van der Waals surface area (Å²) < 4.78 is 20.4. The van der Waals surface area contributed by atoms with Crippen LogP contribution < -0.4 is 5.11 Å². The third-order valence-electron chi connectivity index (χ3n) is 3.54. The van der Waals surface area contributed by atoms with E-state index >= 15 is 0 Å². The van der Waals surface area contributed by atoms with E-state index in [-0.39, 0.29) is 21.7 Å². The first kappa shape index (κ1) is 37.2. The molecule has 30 heavy (non-hydrogen) atoms. The van der Waals surface area contributed by atoms with Gasteiger partial charge in [0.05, 0.1) is 0 Å². The molecule has 0 amide bonds. The monoisotopic (exact) mass is 474 g/mol. The number of hydrogen-bond acceptors (Lipinski definition) is 4. The summed E-state index contributed by atoms with van der Waals surface area (Å²) in [6.07, 6.45) is 17.0. The van der Waals surface area contributed by atoms with E-state index in [1.807, 2.05) is 20.3 Å². The molecular weight excluding hydrogens is 428 g/mol. The van der Waals surface area contributed by atoms with Crippen LogP contribution in [0, 0.1) is 13.3 Å². The van der Waals surface area contributed by atoms with Crippen molar-refractivity contribution in [1.29, 1.82) is 0 Å². The quantitative estimate of drug-likeness (QED) is 0.145. The molecule has 1 rings (SSSR count). The fraction of sp³-hybridized carbons (Fsp3) is 0.680. The van der Waals surface area contributed by atoms with Gasteiger partial charge in [0.25, 0.3) is 0 Å². The Morgan fingerprint density at radius 2 is 1.20 bits per heavy atom. The zero-order valence-electron chi connectivity index (χ0n) is 20.2. The fourth-order valence-corrected chi connectivity index (χ4v) is 2.58. The Morgan fingerprint density at radius 3 is 1.47 bits per heavy atom. The molecule has 1 aromatic rings. The van der Waals surface area contributed by atoms with E-state index in [1.54, 1.807) is 44.2 Å². The smallest absolute Gasteiger partial charge is 0.852 e. The molecule has 0 radical (unpaired) electrons. The number of rotatable bonds is 11. The molecular formula is C25H46O3STi. The molecule has 0 unspecified atom stereocenters. The maximum absolute atomic E-state index is 10.2.